The highest BCUT2D eigenvalue weighted by molar-refractivity contribution is 5.67. The molecule has 0 bridgehead atoms. The van der Waals surface area contributed by atoms with Gasteiger partial charge in [-0.1, -0.05) is 6.42 Å². The molecule has 2 heterocycles. The van der Waals surface area contributed by atoms with Crippen LogP contribution >= 0.6 is 0 Å². The van der Waals surface area contributed by atoms with Crippen molar-refractivity contribution in [2.75, 3.05) is 26.2 Å². The van der Waals surface area contributed by atoms with E-state index in [0.29, 0.717) is 6.04 Å². The van der Waals surface area contributed by atoms with Crippen molar-refractivity contribution in [1.82, 2.24) is 9.80 Å². The van der Waals surface area contributed by atoms with Gasteiger partial charge in [-0.15, -0.1) is 0 Å². The van der Waals surface area contributed by atoms with E-state index >= 15 is 0 Å². The fraction of sp³-hybridized carbons (Fsp3) is 0.923. The Morgan fingerprint density at radius 2 is 2.00 bits per heavy atom. The van der Waals surface area contributed by atoms with E-state index < -0.39 is 5.97 Å². The molecule has 0 radical (unpaired) electrons. The lowest BCUT2D eigenvalue weighted by Gasteiger charge is -2.32. The molecule has 0 amide bonds. The van der Waals surface area contributed by atoms with Crippen LogP contribution in [0, 0.1) is 0 Å². The van der Waals surface area contributed by atoms with E-state index in [4.69, 9.17) is 5.11 Å². The predicted molar refractivity (Wildman–Crippen MR) is 67.1 cm³/mol. The lowest BCUT2D eigenvalue weighted by Crippen LogP contribution is -2.42. The normalized spacial score (nSPS) is 29.4. The number of likely N-dealkylation sites (tertiary alicyclic amines) is 2. The number of carbonyl (C=O) groups is 1. The highest BCUT2D eigenvalue weighted by Gasteiger charge is 2.31. The molecule has 4 nitrogen and oxygen atoms in total. The lowest BCUT2D eigenvalue weighted by atomic mass is 10.1. The van der Waals surface area contributed by atoms with Gasteiger partial charge in [-0.05, 0) is 39.3 Å². The standard InChI is InChI=1S/C13H24N2O2/c1-11(9-13(16)17)15-8-5-12(10-15)14-6-3-2-4-7-14/h11-12H,2-10H2,1H3,(H,16,17). The number of piperidine rings is 1. The Morgan fingerprint density at radius 1 is 1.29 bits per heavy atom. The maximum Gasteiger partial charge on any atom is 0.304 e. The van der Waals surface area contributed by atoms with Crippen LogP contribution in [0.3, 0.4) is 0 Å². The minimum absolute atomic E-state index is 0.183. The van der Waals surface area contributed by atoms with Gasteiger partial charge in [0.2, 0.25) is 0 Å². The summed E-state index contributed by atoms with van der Waals surface area (Å²) < 4.78 is 0. The van der Waals surface area contributed by atoms with Crippen LogP contribution in [0.15, 0.2) is 0 Å². The summed E-state index contributed by atoms with van der Waals surface area (Å²) in [7, 11) is 0. The van der Waals surface area contributed by atoms with Crippen molar-refractivity contribution in [3.63, 3.8) is 0 Å². The third-order valence-corrected chi connectivity index (χ3v) is 4.20. The molecule has 2 aliphatic rings. The summed E-state index contributed by atoms with van der Waals surface area (Å²) in [6, 6.07) is 0.855. The van der Waals surface area contributed by atoms with Crippen molar-refractivity contribution in [1.29, 1.82) is 0 Å². The molecule has 2 aliphatic heterocycles. The summed E-state index contributed by atoms with van der Waals surface area (Å²) in [6.07, 6.45) is 5.53. The van der Waals surface area contributed by atoms with Gasteiger partial charge in [-0.25, -0.2) is 0 Å². The Morgan fingerprint density at radius 3 is 2.65 bits per heavy atom. The van der Waals surface area contributed by atoms with Gasteiger partial charge in [0.25, 0.3) is 0 Å². The smallest absolute Gasteiger partial charge is 0.304 e. The molecule has 0 aromatic rings. The third-order valence-electron chi connectivity index (χ3n) is 4.20. The molecule has 2 unspecified atom stereocenters. The number of nitrogens with zero attached hydrogens (tertiary/aromatic N) is 2. The second kappa shape index (κ2) is 5.83. The zero-order chi connectivity index (χ0) is 12.3. The molecule has 17 heavy (non-hydrogen) atoms. The summed E-state index contributed by atoms with van der Waals surface area (Å²) in [6.45, 7) is 6.65. The van der Waals surface area contributed by atoms with Crippen molar-refractivity contribution in [2.24, 2.45) is 0 Å². The third kappa shape index (κ3) is 3.42. The molecular weight excluding hydrogens is 216 g/mol. The summed E-state index contributed by atoms with van der Waals surface area (Å²) in [5.41, 5.74) is 0. The van der Waals surface area contributed by atoms with Crippen LogP contribution in [0.4, 0.5) is 0 Å². The molecule has 2 fully saturated rings. The first-order valence-electron chi connectivity index (χ1n) is 6.86. The second-order valence-electron chi connectivity index (χ2n) is 5.48. The summed E-state index contributed by atoms with van der Waals surface area (Å²) >= 11 is 0. The van der Waals surface area contributed by atoms with Crippen molar-refractivity contribution in [3.05, 3.63) is 0 Å². The molecule has 2 saturated heterocycles. The van der Waals surface area contributed by atoms with Crippen molar-refractivity contribution >= 4 is 5.97 Å². The average molecular weight is 240 g/mol. The molecule has 1 N–H and O–H groups in total. The molecule has 0 saturated carbocycles. The molecule has 2 rings (SSSR count). The summed E-state index contributed by atoms with van der Waals surface area (Å²) in [4.78, 5) is 15.7. The van der Waals surface area contributed by atoms with Gasteiger partial charge < -0.3 is 5.11 Å². The van der Waals surface area contributed by atoms with Crippen LogP contribution in [-0.4, -0.2) is 59.1 Å². The molecule has 98 valence electrons. The predicted octanol–water partition coefficient (Wildman–Crippen LogP) is 1.41. The topological polar surface area (TPSA) is 43.8 Å². The monoisotopic (exact) mass is 240 g/mol. The van der Waals surface area contributed by atoms with Crippen LogP contribution in [0.25, 0.3) is 0 Å². The minimum Gasteiger partial charge on any atom is -0.481 e. The van der Waals surface area contributed by atoms with Gasteiger partial charge in [0, 0.05) is 25.2 Å². The minimum atomic E-state index is -0.682. The van der Waals surface area contributed by atoms with Gasteiger partial charge >= 0.3 is 5.97 Å². The molecule has 2 atom stereocenters. The number of carboxylic acids is 1. The number of rotatable bonds is 4. The van der Waals surface area contributed by atoms with Gasteiger partial charge in [-0.2, -0.15) is 0 Å². The summed E-state index contributed by atoms with van der Waals surface area (Å²) in [5, 5.41) is 8.82. The van der Waals surface area contributed by atoms with Gasteiger partial charge in [0.15, 0.2) is 0 Å². The molecule has 0 spiro atoms. The van der Waals surface area contributed by atoms with Gasteiger partial charge in [0.05, 0.1) is 6.42 Å². The number of carboxylic acid groups (broad SMARTS) is 1. The van der Waals surface area contributed by atoms with E-state index in [0.717, 1.165) is 13.1 Å². The Kier molecular flexibility index (Phi) is 4.40. The van der Waals surface area contributed by atoms with Crippen LogP contribution in [0.5, 0.6) is 0 Å². The Labute approximate surface area is 104 Å². The molecule has 0 aromatic carbocycles. The zero-order valence-corrected chi connectivity index (χ0v) is 10.8. The quantitative estimate of drug-likeness (QED) is 0.807. The fourth-order valence-electron chi connectivity index (χ4n) is 3.13. The Balaban J connectivity index is 1.79. The van der Waals surface area contributed by atoms with E-state index in [1.54, 1.807) is 0 Å². The van der Waals surface area contributed by atoms with E-state index in [2.05, 4.69) is 9.80 Å². The van der Waals surface area contributed by atoms with Gasteiger partial charge in [0.1, 0.15) is 0 Å². The highest BCUT2D eigenvalue weighted by Crippen LogP contribution is 2.22. The number of aliphatic carboxylic acids is 1. The zero-order valence-electron chi connectivity index (χ0n) is 10.8. The molecule has 4 heteroatoms. The first kappa shape index (κ1) is 12.8. The Bertz CT molecular complexity index is 264. The maximum absolute atomic E-state index is 10.7. The highest BCUT2D eigenvalue weighted by atomic mass is 16.4. The lowest BCUT2D eigenvalue weighted by molar-refractivity contribution is -0.138. The molecule has 0 aliphatic carbocycles. The Hall–Kier alpha value is -0.610. The van der Waals surface area contributed by atoms with E-state index in [9.17, 15) is 4.79 Å². The van der Waals surface area contributed by atoms with E-state index in [1.807, 2.05) is 6.92 Å². The average Bonchev–Trinajstić information content (AvgIpc) is 2.78. The molecule has 0 aromatic heterocycles. The van der Waals surface area contributed by atoms with E-state index in [-0.39, 0.29) is 12.5 Å². The van der Waals surface area contributed by atoms with E-state index in [1.165, 1.54) is 38.8 Å². The summed E-state index contributed by atoms with van der Waals surface area (Å²) in [5.74, 6) is -0.682. The second-order valence-corrected chi connectivity index (χ2v) is 5.48. The van der Waals surface area contributed by atoms with Crippen LogP contribution in [0.1, 0.15) is 39.0 Å². The largest absolute Gasteiger partial charge is 0.481 e. The van der Waals surface area contributed by atoms with Crippen LogP contribution in [-0.2, 0) is 4.79 Å². The first-order valence-corrected chi connectivity index (χ1v) is 6.86. The van der Waals surface area contributed by atoms with Crippen LogP contribution < -0.4 is 0 Å². The number of hydrogen-bond donors (Lipinski definition) is 1. The van der Waals surface area contributed by atoms with Crippen molar-refractivity contribution < 1.29 is 9.90 Å². The maximum atomic E-state index is 10.7. The van der Waals surface area contributed by atoms with Crippen molar-refractivity contribution in [3.8, 4) is 0 Å². The SMILES string of the molecule is CC(CC(=O)O)N1CCC(N2CCCCC2)C1. The molecular formula is C13H24N2O2. The fourth-order valence-corrected chi connectivity index (χ4v) is 3.13. The van der Waals surface area contributed by atoms with Crippen molar-refractivity contribution in [2.45, 2.75) is 51.1 Å². The van der Waals surface area contributed by atoms with Crippen LogP contribution in [0.2, 0.25) is 0 Å². The number of hydrogen-bond acceptors (Lipinski definition) is 3. The first-order chi connectivity index (χ1) is 8.16. The van der Waals surface area contributed by atoms with Gasteiger partial charge in [-0.3, -0.25) is 14.6 Å².